The van der Waals surface area contributed by atoms with Gasteiger partial charge in [-0.05, 0) is 17.7 Å². The molecule has 7 nitrogen and oxygen atoms in total. The number of non-ortho nitro benzene ring substituents is 1. The number of nitro benzene ring substituents is 1. The number of ether oxygens (including phenoxy) is 3. The number of benzene rings is 2. The molecule has 1 fully saturated rings. The first-order valence-electron chi connectivity index (χ1n) is 7.34. The van der Waals surface area contributed by atoms with Crippen molar-refractivity contribution in [3.63, 3.8) is 0 Å². The Labute approximate surface area is 136 Å². The molecule has 2 aromatic carbocycles. The van der Waals surface area contributed by atoms with Crippen LogP contribution in [0.5, 0.6) is 0 Å². The molecule has 4 rings (SSSR count). The summed E-state index contributed by atoms with van der Waals surface area (Å²) in [5, 5.41) is 10.8. The quantitative estimate of drug-likeness (QED) is 0.636. The number of carbonyl (C=O) groups is 1. The molecule has 0 unspecified atom stereocenters. The fourth-order valence-corrected chi connectivity index (χ4v) is 3.16. The van der Waals surface area contributed by atoms with E-state index in [2.05, 4.69) is 0 Å². The molecular weight excluding hydrogens is 314 g/mol. The second kappa shape index (κ2) is 5.20. The van der Waals surface area contributed by atoms with Crippen molar-refractivity contribution in [1.82, 2.24) is 0 Å². The Morgan fingerprint density at radius 3 is 2.42 bits per heavy atom. The Morgan fingerprint density at radius 1 is 1.08 bits per heavy atom. The predicted molar refractivity (Wildman–Crippen MR) is 81.3 cm³/mol. The first-order chi connectivity index (χ1) is 11.6. The molecule has 2 heterocycles. The van der Waals surface area contributed by atoms with Crippen LogP contribution >= 0.6 is 0 Å². The summed E-state index contributed by atoms with van der Waals surface area (Å²) in [5.41, 5.74) is 1.61. The molecular formula is C17H13NO6. The summed E-state index contributed by atoms with van der Waals surface area (Å²) < 4.78 is 17.2. The van der Waals surface area contributed by atoms with Gasteiger partial charge >= 0.3 is 5.97 Å². The van der Waals surface area contributed by atoms with E-state index in [0.29, 0.717) is 16.7 Å². The molecule has 0 amide bonds. The lowest BCUT2D eigenvalue weighted by Crippen LogP contribution is -2.39. The molecule has 1 saturated heterocycles. The smallest absolute Gasteiger partial charge is 0.313 e. The minimum Gasteiger partial charge on any atom is -0.327 e. The zero-order valence-corrected chi connectivity index (χ0v) is 12.7. The van der Waals surface area contributed by atoms with Crippen molar-refractivity contribution in [1.29, 1.82) is 0 Å². The van der Waals surface area contributed by atoms with Crippen molar-refractivity contribution >= 4 is 11.5 Å². The van der Waals surface area contributed by atoms with E-state index in [0.717, 1.165) is 0 Å². The lowest BCUT2D eigenvalue weighted by atomic mass is 9.93. The zero-order valence-electron chi connectivity index (χ0n) is 12.7. The third kappa shape index (κ3) is 1.99. The van der Waals surface area contributed by atoms with Gasteiger partial charge in [-0.1, -0.05) is 24.3 Å². The van der Waals surface area contributed by atoms with Crippen molar-refractivity contribution in [3.05, 3.63) is 75.3 Å². The van der Waals surface area contributed by atoms with Crippen LogP contribution in [0.1, 0.15) is 27.6 Å². The van der Waals surface area contributed by atoms with Crippen molar-refractivity contribution in [2.75, 3.05) is 7.11 Å². The summed E-state index contributed by atoms with van der Waals surface area (Å²) in [5.74, 6) is -1.64. The van der Waals surface area contributed by atoms with Crippen molar-refractivity contribution < 1.29 is 23.9 Å². The third-order valence-electron chi connectivity index (χ3n) is 4.32. The number of nitrogens with zero attached hydrogens (tertiary/aromatic N) is 1. The Bertz CT molecular complexity index is 833. The van der Waals surface area contributed by atoms with Crippen molar-refractivity contribution in [2.45, 2.75) is 18.2 Å². The van der Waals surface area contributed by atoms with Crippen LogP contribution in [0.3, 0.4) is 0 Å². The minimum absolute atomic E-state index is 0.0308. The van der Waals surface area contributed by atoms with E-state index in [4.69, 9.17) is 14.2 Å². The molecule has 122 valence electrons. The second-order valence-electron chi connectivity index (χ2n) is 5.60. The number of rotatable bonds is 3. The van der Waals surface area contributed by atoms with E-state index in [-0.39, 0.29) is 11.5 Å². The van der Waals surface area contributed by atoms with Crippen LogP contribution in [0.25, 0.3) is 0 Å². The lowest BCUT2D eigenvalue weighted by Gasteiger charge is -2.30. The van der Waals surface area contributed by atoms with Crippen LogP contribution in [-0.2, 0) is 20.2 Å². The maximum atomic E-state index is 12.7. The van der Waals surface area contributed by atoms with Gasteiger partial charge in [-0.15, -0.1) is 0 Å². The van der Waals surface area contributed by atoms with Gasteiger partial charge in [0.1, 0.15) is 6.10 Å². The van der Waals surface area contributed by atoms with E-state index < -0.39 is 23.1 Å². The Kier molecular flexibility index (Phi) is 3.24. The molecule has 0 N–H and O–H groups in total. The van der Waals surface area contributed by atoms with Gasteiger partial charge in [-0.3, -0.25) is 14.9 Å². The Morgan fingerprint density at radius 2 is 1.75 bits per heavy atom. The monoisotopic (exact) mass is 327 g/mol. The molecule has 0 saturated carbocycles. The summed E-state index contributed by atoms with van der Waals surface area (Å²) in [6, 6.07) is 12.9. The number of carbonyl (C=O) groups excluding carboxylic acids is 1. The first-order valence-corrected chi connectivity index (χ1v) is 7.34. The molecule has 2 aliphatic rings. The third-order valence-corrected chi connectivity index (χ3v) is 4.32. The minimum atomic E-state index is -1.44. The first kappa shape index (κ1) is 14.9. The van der Waals surface area contributed by atoms with Crippen molar-refractivity contribution in [3.8, 4) is 0 Å². The number of hydrogen-bond acceptors (Lipinski definition) is 6. The molecule has 2 bridgehead atoms. The van der Waals surface area contributed by atoms with Crippen molar-refractivity contribution in [2.24, 2.45) is 0 Å². The van der Waals surface area contributed by atoms with Gasteiger partial charge in [0.15, 0.2) is 11.9 Å². The number of hydrogen-bond donors (Lipinski definition) is 0. The SMILES string of the molecule is CO[C@]12O[C@H](C(=O)c3ccccc31)[C@H](c1ccc([N+](=O)[O-])cc1)O2. The average molecular weight is 327 g/mol. The Hall–Kier alpha value is -2.61. The van der Waals surface area contributed by atoms with Gasteiger partial charge < -0.3 is 14.2 Å². The van der Waals surface area contributed by atoms with Crippen LogP contribution in [0.2, 0.25) is 0 Å². The normalized spacial score (nSPS) is 27.8. The molecule has 0 spiro atoms. The topological polar surface area (TPSA) is 87.9 Å². The maximum Gasteiger partial charge on any atom is 0.313 e. The van der Waals surface area contributed by atoms with Gasteiger partial charge in [0, 0.05) is 24.8 Å². The van der Waals surface area contributed by atoms with Gasteiger partial charge in [0.25, 0.3) is 5.69 Å². The number of nitro groups is 1. The number of fused-ring (bicyclic) bond motifs is 4. The maximum absolute atomic E-state index is 12.7. The van der Waals surface area contributed by atoms with Gasteiger partial charge in [0.2, 0.25) is 0 Å². The number of ketones is 1. The van der Waals surface area contributed by atoms with Gasteiger partial charge in [-0.25, -0.2) is 0 Å². The van der Waals surface area contributed by atoms with Crippen LogP contribution in [0.15, 0.2) is 48.5 Å². The predicted octanol–water partition coefficient (Wildman–Crippen LogP) is 2.70. The van der Waals surface area contributed by atoms with Crippen LogP contribution in [0, 0.1) is 10.1 Å². The fraction of sp³-hybridized carbons (Fsp3) is 0.235. The van der Waals surface area contributed by atoms with E-state index >= 15 is 0 Å². The molecule has 3 atom stereocenters. The summed E-state index contributed by atoms with van der Waals surface area (Å²) >= 11 is 0. The summed E-state index contributed by atoms with van der Waals surface area (Å²) in [6.45, 7) is 0. The van der Waals surface area contributed by atoms with E-state index in [9.17, 15) is 14.9 Å². The molecule has 7 heteroatoms. The molecule has 0 aliphatic carbocycles. The standard InChI is InChI=1S/C17H13NO6/c1-22-17-13-5-3-2-4-12(13)14(19)16(24-17)15(23-17)10-6-8-11(9-7-10)18(20)21/h2-9,15-16H,1H3/t15-,16+,17+/m0/s1. The number of methoxy groups -OCH3 is 1. The molecule has 0 radical (unpaired) electrons. The Balaban J connectivity index is 1.77. The summed E-state index contributed by atoms with van der Waals surface area (Å²) in [6.07, 6.45) is -1.56. The van der Waals surface area contributed by atoms with E-state index in [1.54, 1.807) is 36.4 Å². The second-order valence-corrected chi connectivity index (χ2v) is 5.60. The molecule has 0 aromatic heterocycles. The van der Waals surface area contributed by atoms with Gasteiger partial charge in [0.05, 0.1) is 10.5 Å². The highest BCUT2D eigenvalue weighted by atomic mass is 16.9. The van der Waals surface area contributed by atoms with Crippen LogP contribution in [-0.4, -0.2) is 23.9 Å². The summed E-state index contributed by atoms with van der Waals surface area (Å²) in [7, 11) is 1.45. The van der Waals surface area contributed by atoms with E-state index in [1.807, 2.05) is 0 Å². The van der Waals surface area contributed by atoms with E-state index in [1.165, 1.54) is 19.2 Å². The lowest BCUT2D eigenvalue weighted by molar-refractivity contribution is -0.384. The molecule has 2 aromatic rings. The van der Waals surface area contributed by atoms with Crippen LogP contribution in [0.4, 0.5) is 5.69 Å². The van der Waals surface area contributed by atoms with Gasteiger partial charge in [-0.2, -0.15) is 0 Å². The highest BCUT2D eigenvalue weighted by Gasteiger charge is 2.58. The highest BCUT2D eigenvalue weighted by Crippen LogP contribution is 2.50. The zero-order chi connectivity index (χ0) is 16.9. The van der Waals surface area contributed by atoms with Crippen LogP contribution < -0.4 is 0 Å². The largest absolute Gasteiger partial charge is 0.327 e. The molecule has 2 aliphatic heterocycles. The number of Topliss-reactive ketones (excluding diaryl/α,β-unsaturated/α-hetero) is 1. The molecule has 24 heavy (non-hydrogen) atoms. The average Bonchev–Trinajstić information content (AvgIpc) is 2.98. The highest BCUT2D eigenvalue weighted by molar-refractivity contribution is 6.02. The fourth-order valence-electron chi connectivity index (χ4n) is 3.16. The summed E-state index contributed by atoms with van der Waals surface area (Å²) in [4.78, 5) is 23.0.